The molecule has 0 aliphatic heterocycles. The number of amides is 1. The highest BCUT2D eigenvalue weighted by molar-refractivity contribution is 5.67. The lowest BCUT2D eigenvalue weighted by atomic mass is 10.0. The van der Waals surface area contributed by atoms with Gasteiger partial charge in [-0.1, -0.05) is 6.42 Å². The number of aliphatic hydroxyl groups is 1. The third kappa shape index (κ3) is 5.83. The second-order valence-corrected chi connectivity index (χ2v) is 7.49. The molecule has 5 heteroatoms. The zero-order valence-electron chi connectivity index (χ0n) is 13.5. The molecule has 0 saturated heterocycles. The van der Waals surface area contributed by atoms with Crippen molar-refractivity contribution >= 4 is 6.09 Å². The van der Waals surface area contributed by atoms with E-state index in [1.54, 1.807) is 0 Å². The number of ether oxygens (including phenoxy) is 1. The average Bonchev–Trinajstić information content (AvgIpc) is 3.12. The molecular formula is C16H30N2O3. The Morgan fingerprint density at radius 3 is 2.62 bits per heavy atom. The lowest BCUT2D eigenvalue weighted by molar-refractivity contribution is 0.0516. The van der Waals surface area contributed by atoms with Gasteiger partial charge in [0.25, 0.3) is 0 Å². The fraction of sp³-hybridized carbons (Fsp3) is 0.938. The maximum atomic E-state index is 11.7. The van der Waals surface area contributed by atoms with Crippen LogP contribution in [-0.2, 0) is 4.74 Å². The summed E-state index contributed by atoms with van der Waals surface area (Å²) < 4.78 is 5.26. The third-order valence-electron chi connectivity index (χ3n) is 4.32. The molecule has 2 fully saturated rings. The molecule has 2 aliphatic rings. The van der Waals surface area contributed by atoms with Crippen LogP contribution in [0, 0.1) is 11.8 Å². The Kier molecular flexibility index (Phi) is 5.49. The molecule has 0 aromatic carbocycles. The fourth-order valence-corrected chi connectivity index (χ4v) is 3.00. The number of nitrogens with one attached hydrogen (secondary N) is 2. The molecule has 2 saturated carbocycles. The topological polar surface area (TPSA) is 70.6 Å². The predicted molar refractivity (Wildman–Crippen MR) is 82.1 cm³/mol. The van der Waals surface area contributed by atoms with Gasteiger partial charge in [-0.2, -0.15) is 0 Å². The highest BCUT2D eigenvalue weighted by Gasteiger charge is 2.32. The van der Waals surface area contributed by atoms with Gasteiger partial charge < -0.3 is 20.5 Å². The van der Waals surface area contributed by atoms with Gasteiger partial charge in [0.05, 0.1) is 6.10 Å². The van der Waals surface area contributed by atoms with Crippen LogP contribution >= 0.6 is 0 Å². The van der Waals surface area contributed by atoms with Crippen molar-refractivity contribution in [2.24, 2.45) is 11.8 Å². The van der Waals surface area contributed by atoms with E-state index in [-0.39, 0.29) is 12.2 Å². The van der Waals surface area contributed by atoms with E-state index < -0.39 is 5.60 Å². The van der Waals surface area contributed by atoms with Crippen LogP contribution in [0.3, 0.4) is 0 Å². The minimum absolute atomic E-state index is 0.204. The van der Waals surface area contributed by atoms with Crippen LogP contribution in [0.15, 0.2) is 0 Å². The van der Waals surface area contributed by atoms with E-state index in [1.165, 1.54) is 6.42 Å². The van der Waals surface area contributed by atoms with E-state index in [0.717, 1.165) is 25.7 Å². The molecule has 2 rings (SSSR count). The van der Waals surface area contributed by atoms with Gasteiger partial charge in [0.2, 0.25) is 0 Å². The standard InChI is InChI=1S/C16H30N2O3/c1-16(2,3)21-15(20)18-9-12-5-4-6-13(12)17-10-14(19)11-7-8-11/h11-14,17,19H,4-10H2,1-3H3,(H,18,20). The molecule has 0 heterocycles. The van der Waals surface area contributed by atoms with Gasteiger partial charge in [-0.3, -0.25) is 0 Å². The van der Waals surface area contributed by atoms with E-state index in [2.05, 4.69) is 10.6 Å². The SMILES string of the molecule is CC(C)(C)OC(=O)NCC1CCCC1NCC(O)C1CC1. The minimum Gasteiger partial charge on any atom is -0.444 e. The minimum atomic E-state index is -0.453. The highest BCUT2D eigenvalue weighted by atomic mass is 16.6. The van der Waals surface area contributed by atoms with Crippen LogP contribution in [-0.4, -0.2) is 42.0 Å². The maximum absolute atomic E-state index is 11.7. The van der Waals surface area contributed by atoms with Crippen molar-refractivity contribution in [2.45, 2.75) is 70.6 Å². The summed E-state index contributed by atoms with van der Waals surface area (Å²) >= 11 is 0. The first-order chi connectivity index (χ1) is 9.85. The van der Waals surface area contributed by atoms with Gasteiger partial charge in [0, 0.05) is 19.1 Å². The molecule has 0 spiro atoms. The molecule has 0 bridgehead atoms. The van der Waals surface area contributed by atoms with Gasteiger partial charge in [-0.15, -0.1) is 0 Å². The number of hydrogen-bond donors (Lipinski definition) is 3. The number of rotatable bonds is 6. The quantitative estimate of drug-likeness (QED) is 0.702. The first kappa shape index (κ1) is 16.6. The van der Waals surface area contributed by atoms with Gasteiger partial charge in [0.15, 0.2) is 0 Å². The van der Waals surface area contributed by atoms with E-state index in [0.29, 0.717) is 31.0 Å². The van der Waals surface area contributed by atoms with Crippen LogP contribution < -0.4 is 10.6 Å². The summed E-state index contributed by atoms with van der Waals surface area (Å²) in [5, 5.41) is 16.3. The number of hydrogen-bond acceptors (Lipinski definition) is 4. The van der Waals surface area contributed by atoms with Crippen molar-refractivity contribution in [1.82, 2.24) is 10.6 Å². The normalized spacial score (nSPS) is 27.4. The summed E-state index contributed by atoms with van der Waals surface area (Å²) in [5.74, 6) is 0.946. The highest BCUT2D eigenvalue weighted by Crippen LogP contribution is 2.32. The van der Waals surface area contributed by atoms with E-state index in [1.807, 2.05) is 20.8 Å². The fourth-order valence-electron chi connectivity index (χ4n) is 3.00. The molecule has 3 unspecified atom stereocenters. The van der Waals surface area contributed by atoms with Gasteiger partial charge in [-0.25, -0.2) is 4.79 Å². The van der Waals surface area contributed by atoms with Gasteiger partial charge in [0.1, 0.15) is 5.60 Å². The smallest absolute Gasteiger partial charge is 0.407 e. The molecular weight excluding hydrogens is 268 g/mol. The Morgan fingerprint density at radius 1 is 1.29 bits per heavy atom. The summed E-state index contributed by atoms with van der Waals surface area (Å²) in [6.07, 6.45) is 5.20. The van der Waals surface area contributed by atoms with Crippen LogP contribution in [0.25, 0.3) is 0 Å². The van der Waals surface area contributed by atoms with Crippen LogP contribution in [0.5, 0.6) is 0 Å². The van der Waals surface area contributed by atoms with Crippen molar-refractivity contribution in [3.05, 3.63) is 0 Å². The number of carbonyl (C=O) groups is 1. The zero-order chi connectivity index (χ0) is 15.5. The van der Waals surface area contributed by atoms with Crippen molar-refractivity contribution in [2.75, 3.05) is 13.1 Å². The first-order valence-electron chi connectivity index (χ1n) is 8.23. The third-order valence-corrected chi connectivity index (χ3v) is 4.32. The van der Waals surface area contributed by atoms with E-state index in [4.69, 9.17) is 4.74 Å². The van der Waals surface area contributed by atoms with Gasteiger partial charge in [-0.05, 0) is 58.3 Å². The summed E-state index contributed by atoms with van der Waals surface area (Å²) in [6, 6.07) is 0.397. The lowest BCUT2D eigenvalue weighted by Crippen LogP contribution is -2.43. The molecule has 0 aromatic heterocycles. The first-order valence-corrected chi connectivity index (χ1v) is 8.23. The Hall–Kier alpha value is -0.810. The van der Waals surface area contributed by atoms with E-state index in [9.17, 15) is 9.90 Å². The van der Waals surface area contributed by atoms with Gasteiger partial charge >= 0.3 is 6.09 Å². The molecule has 122 valence electrons. The largest absolute Gasteiger partial charge is 0.444 e. The monoisotopic (exact) mass is 298 g/mol. The molecule has 0 aromatic rings. The molecule has 21 heavy (non-hydrogen) atoms. The second kappa shape index (κ2) is 6.97. The molecule has 0 radical (unpaired) electrons. The summed E-state index contributed by atoms with van der Waals surface area (Å²) in [4.78, 5) is 11.7. The average molecular weight is 298 g/mol. The molecule has 5 nitrogen and oxygen atoms in total. The Labute approximate surface area is 127 Å². The van der Waals surface area contributed by atoms with Crippen molar-refractivity contribution < 1.29 is 14.6 Å². The lowest BCUT2D eigenvalue weighted by Gasteiger charge is -2.24. The second-order valence-electron chi connectivity index (χ2n) is 7.49. The van der Waals surface area contributed by atoms with Crippen LogP contribution in [0.4, 0.5) is 4.79 Å². The number of aliphatic hydroxyl groups excluding tert-OH is 1. The Bertz CT molecular complexity index is 350. The summed E-state index contributed by atoms with van der Waals surface area (Å²) in [7, 11) is 0. The zero-order valence-corrected chi connectivity index (χ0v) is 13.5. The molecule has 3 atom stereocenters. The van der Waals surface area contributed by atoms with Crippen LogP contribution in [0.2, 0.25) is 0 Å². The predicted octanol–water partition coefficient (Wildman–Crippen LogP) is 2.04. The Balaban J connectivity index is 1.67. The molecule has 2 aliphatic carbocycles. The molecule has 3 N–H and O–H groups in total. The maximum Gasteiger partial charge on any atom is 0.407 e. The van der Waals surface area contributed by atoms with Crippen molar-refractivity contribution in [1.29, 1.82) is 0 Å². The summed E-state index contributed by atoms with van der Waals surface area (Å²) in [6.45, 7) is 6.92. The number of carbonyl (C=O) groups excluding carboxylic acids is 1. The number of alkyl carbamates (subject to hydrolysis) is 1. The summed E-state index contributed by atoms with van der Waals surface area (Å²) in [5.41, 5.74) is -0.453. The Morgan fingerprint density at radius 2 is 2.00 bits per heavy atom. The van der Waals surface area contributed by atoms with Crippen molar-refractivity contribution in [3.63, 3.8) is 0 Å². The van der Waals surface area contributed by atoms with Crippen molar-refractivity contribution in [3.8, 4) is 0 Å². The van der Waals surface area contributed by atoms with E-state index >= 15 is 0 Å². The van der Waals surface area contributed by atoms with Crippen LogP contribution in [0.1, 0.15) is 52.9 Å². The molecule has 1 amide bonds.